The zero-order chi connectivity index (χ0) is 23.5. The molecular formula is C26H23N5O2S. The van der Waals surface area contributed by atoms with Gasteiger partial charge in [-0.3, -0.25) is 14.2 Å². The van der Waals surface area contributed by atoms with Crippen molar-refractivity contribution in [1.29, 1.82) is 0 Å². The van der Waals surface area contributed by atoms with Crippen molar-refractivity contribution in [3.05, 3.63) is 84.9 Å². The van der Waals surface area contributed by atoms with Crippen LogP contribution in [0.4, 0.5) is 11.4 Å². The van der Waals surface area contributed by atoms with Gasteiger partial charge >= 0.3 is 0 Å². The SMILES string of the molecule is C[C@@H]1CC(=O)Nc2ccccc2N1C(=O)CSc1nnc(-c2ccccc2)n1-c1ccccc1. The first-order chi connectivity index (χ1) is 16.6. The first-order valence-corrected chi connectivity index (χ1v) is 12.0. The molecule has 8 heteroatoms. The van der Waals surface area contributed by atoms with E-state index in [1.165, 1.54) is 11.8 Å². The number of aromatic nitrogens is 3. The molecule has 2 heterocycles. The van der Waals surface area contributed by atoms with Crippen molar-refractivity contribution in [1.82, 2.24) is 14.8 Å². The first kappa shape index (κ1) is 21.9. The van der Waals surface area contributed by atoms with Crippen molar-refractivity contribution in [2.45, 2.75) is 24.5 Å². The lowest BCUT2D eigenvalue weighted by Crippen LogP contribution is -2.40. The van der Waals surface area contributed by atoms with Gasteiger partial charge in [0, 0.05) is 23.7 Å². The van der Waals surface area contributed by atoms with Gasteiger partial charge in [-0.15, -0.1) is 10.2 Å². The summed E-state index contributed by atoms with van der Waals surface area (Å²) < 4.78 is 1.97. The molecule has 0 aliphatic carbocycles. The number of fused-ring (bicyclic) bond motifs is 1. The van der Waals surface area contributed by atoms with E-state index in [-0.39, 0.29) is 30.0 Å². The Bertz CT molecular complexity index is 1320. The number of hydrogen-bond acceptors (Lipinski definition) is 5. The number of carbonyl (C=O) groups is 2. The van der Waals surface area contributed by atoms with Gasteiger partial charge in [0.1, 0.15) is 0 Å². The molecular weight excluding hydrogens is 446 g/mol. The quantitative estimate of drug-likeness (QED) is 0.425. The molecule has 0 unspecified atom stereocenters. The molecule has 1 aliphatic rings. The number of anilines is 2. The smallest absolute Gasteiger partial charge is 0.237 e. The summed E-state index contributed by atoms with van der Waals surface area (Å²) >= 11 is 1.34. The molecule has 1 aromatic heterocycles. The van der Waals surface area contributed by atoms with Gasteiger partial charge in [-0.05, 0) is 31.2 Å². The molecule has 0 radical (unpaired) electrons. The molecule has 5 rings (SSSR count). The van der Waals surface area contributed by atoms with E-state index in [2.05, 4.69) is 15.5 Å². The maximum Gasteiger partial charge on any atom is 0.237 e. The number of para-hydroxylation sites is 3. The summed E-state index contributed by atoms with van der Waals surface area (Å²) in [5.41, 5.74) is 3.22. The summed E-state index contributed by atoms with van der Waals surface area (Å²) in [6.07, 6.45) is 0.240. The van der Waals surface area contributed by atoms with E-state index in [4.69, 9.17) is 0 Å². The van der Waals surface area contributed by atoms with Crippen molar-refractivity contribution in [3.63, 3.8) is 0 Å². The minimum Gasteiger partial charge on any atom is -0.324 e. The van der Waals surface area contributed by atoms with Crippen LogP contribution in [0.1, 0.15) is 13.3 Å². The van der Waals surface area contributed by atoms with Crippen LogP contribution >= 0.6 is 11.8 Å². The van der Waals surface area contributed by atoms with E-state index in [0.29, 0.717) is 22.4 Å². The molecule has 1 N–H and O–H groups in total. The number of nitrogens with zero attached hydrogens (tertiary/aromatic N) is 4. The standard InChI is InChI=1S/C26H23N5O2S/c1-18-16-23(32)27-21-14-8-9-15-22(21)30(18)24(33)17-34-26-29-28-25(19-10-4-2-5-11-19)31(26)20-12-6-3-7-13-20/h2-15,18H,16-17H2,1H3,(H,27,32)/t18-/m1/s1. The van der Waals surface area contributed by atoms with Crippen LogP contribution in [0.2, 0.25) is 0 Å². The lowest BCUT2D eigenvalue weighted by molar-refractivity contribution is -0.117. The fourth-order valence-corrected chi connectivity index (χ4v) is 4.92. The Morgan fingerprint density at radius 3 is 2.41 bits per heavy atom. The lowest BCUT2D eigenvalue weighted by atomic mass is 10.2. The van der Waals surface area contributed by atoms with E-state index >= 15 is 0 Å². The largest absolute Gasteiger partial charge is 0.324 e. The number of nitrogens with one attached hydrogen (secondary N) is 1. The highest BCUT2D eigenvalue weighted by molar-refractivity contribution is 7.99. The third kappa shape index (κ3) is 4.32. The molecule has 0 saturated heterocycles. The molecule has 170 valence electrons. The van der Waals surface area contributed by atoms with Gasteiger partial charge in [0.2, 0.25) is 11.8 Å². The van der Waals surface area contributed by atoms with Crippen LogP contribution in [-0.4, -0.2) is 38.4 Å². The maximum atomic E-state index is 13.4. The van der Waals surface area contributed by atoms with Crippen LogP contribution < -0.4 is 10.2 Å². The summed E-state index contributed by atoms with van der Waals surface area (Å²) in [7, 11) is 0. The number of rotatable bonds is 5. The summed E-state index contributed by atoms with van der Waals surface area (Å²) in [5, 5.41) is 12.4. The second-order valence-corrected chi connectivity index (χ2v) is 8.96. The van der Waals surface area contributed by atoms with Crippen molar-refractivity contribution < 1.29 is 9.59 Å². The lowest BCUT2D eigenvalue weighted by Gasteiger charge is -2.27. The number of carbonyl (C=O) groups excluding carboxylic acids is 2. The molecule has 7 nitrogen and oxygen atoms in total. The molecule has 1 atom stereocenters. The normalized spacial score (nSPS) is 15.4. The molecule has 0 saturated carbocycles. The number of amides is 2. The highest BCUT2D eigenvalue weighted by Crippen LogP contribution is 2.33. The fraction of sp³-hybridized carbons (Fsp3) is 0.154. The van der Waals surface area contributed by atoms with Gasteiger partial charge < -0.3 is 10.2 Å². The summed E-state index contributed by atoms with van der Waals surface area (Å²) in [6.45, 7) is 1.89. The number of hydrogen-bond donors (Lipinski definition) is 1. The molecule has 34 heavy (non-hydrogen) atoms. The van der Waals surface area contributed by atoms with Crippen molar-refractivity contribution in [2.24, 2.45) is 0 Å². The predicted octanol–water partition coefficient (Wildman–Crippen LogP) is 4.79. The van der Waals surface area contributed by atoms with Crippen LogP contribution in [0.3, 0.4) is 0 Å². The molecule has 1 aliphatic heterocycles. The summed E-state index contributed by atoms with van der Waals surface area (Å²) in [5.74, 6) is 0.682. The van der Waals surface area contributed by atoms with E-state index < -0.39 is 0 Å². The minimum absolute atomic E-state index is 0.0923. The minimum atomic E-state index is -0.261. The van der Waals surface area contributed by atoms with E-state index in [9.17, 15) is 9.59 Å². The van der Waals surface area contributed by atoms with Gasteiger partial charge in [0.25, 0.3) is 0 Å². The maximum absolute atomic E-state index is 13.4. The van der Waals surface area contributed by atoms with Gasteiger partial charge in [-0.1, -0.05) is 72.4 Å². The third-order valence-corrected chi connectivity index (χ3v) is 6.55. The Morgan fingerprint density at radius 1 is 0.971 bits per heavy atom. The van der Waals surface area contributed by atoms with Gasteiger partial charge in [0.15, 0.2) is 11.0 Å². The highest BCUT2D eigenvalue weighted by atomic mass is 32.2. The molecule has 0 spiro atoms. The Hall–Kier alpha value is -3.91. The molecule has 3 aromatic carbocycles. The average Bonchev–Trinajstić information content (AvgIpc) is 3.23. The molecule has 2 amide bonds. The van der Waals surface area contributed by atoms with E-state index in [0.717, 1.165) is 11.3 Å². The Kier molecular flexibility index (Phi) is 6.14. The Labute approximate surface area is 201 Å². The molecule has 4 aromatic rings. The zero-order valence-corrected chi connectivity index (χ0v) is 19.4. The molecule has 0 fully saturated rings. The van der Waals surface area contributed by atoms with Crippen LogP contribution in [0, 0.1) is 0 Å². The van der Waals surface area contributed by atoms with Gasteiger partial charge in [0.05, 0.1) is 17.1 Å². The van der Waals surface area contributed by atoms with E-state index in [1.807, 2.05) is 96.4 Å². The summed E-state index contributed by atoms with van der Waals surface area (Å²) in [6, 6.07) is 26.9. The Morgan fingerprint density at radius 2 is 1.65 bits per heavy atom. The third-order valence-electron chi connectivity index (χ3n) is 5.63. The fourth-order valence-electron chi connectivity index (χ4n) is 4.11. The van der Waals surface area contributed by atoms with Gasteiger partial charge in [-0.25, -0.2) is 0 Å². The van der Waals surface area contributed by atoms with Crippen LogP contribution in [0.15, 0.2) is 90.1 Å². The predicted molar refractivity (Wildman–Crippen MR) is 134 cm³/mol. The van der Waals surface area contributed by atoms with E-state index in [1.54, 1.807) is 4.90 Å². The number of thioether (sulfide) groups is 1. The van der Waals surface area contributed by atoms with Crippen molar-refractivity contribution in [3.8, 4) is 17.1 Å². The van der Waals surface area contributed by atoms with Gasteiger partial charge in [-0.2, -0.15) is 0 Å². The second-order valence-electron chi connectivity index (χ2n) is 8.01. The average molecular weight is 470 g/mol. The van der Waals surface area contributed by atoms with Crippen LogP contribution in [0.5, 0.6) is 0 Å². The second kappa shape index (κ2) is 9.52. The highest BCUT2D eigenvalue weighted by Gasteiger charge is 2.30. The van der Waals surface area contributed by atoms with Crippen molar-refractivity contribution >= 4 is 35.0 Å². The first-order valence-electron chi connectivity index (χ1n) is 11.0. The van der Waals surface area contributed by atoms with Crippen molar-refractivity contribution in [2.75, 3.05) is 16.0 Å². The number of benzene rings is 3. The summed E-state index contributed by atoms with van der Waals surface area (Å²) in [4.78, 5) is 27.4. The monoisotopic (exact) mass is 469 g/mol. The zero-order valence-electron chi connectivity index (χ0n) is 18.6. The van der Waals surface area contributed by atoms with Crippen LogP contribution in [-0.2, 0) is 9.59 Å². The topological polar surface area (TPSA) is 80.1 Å². The molecule has 0 bridgehead atoms. The van der Waals surface area contributed by atoms with Crippen LogP contribution in [0.25, 0.3) is 17.1 Å². The Balaban J connectivity index is 1.45.